The number of ether oxygens (including phenoxy) is 1. The van der Waals surface area contributed by atoms with Crippen molar-refractivity contribution in [3.63, 3.8) is 0 Å². The van der Waals surface area contributed by atoms with E-state index in [0.29, 0.717) is 12.8 Å². The first-order valence-electron chi connectivity index (χ1n) is 17.9. The van der Waals surface area contributed by atoms with Crippen molar-refractivity contribution in [1.29, 1.82) is 0 Å². The zero-order valence-electron chi connectivity index (χ0n) is 32.4. The van der Waals surface area contributed by atoms with Crippen molar-refractivity contribution >= 4 is 29.5 Å². The highest BCUT2D eigenvalue weighted by molar-refractivity contribution is 5.94. The zero-order valence-corrected chi connectivity index (χ0v) is 32.4. The molecule has 15 nitrogen and oxygen atoms in total. The van der Waals surface area contributed by atoms with E-state index in [9.17, 15) is 39.3 Å². The molecule has 4 unspecified atom stereocenters. The van der Waals surface area contributed by atoms with Gasteiger partial charge in [0.25, 0.3) is 0 Å². The third kappa shape index (κ3) is 11.1. The molecule has 0 aliphatic carbocycles. The molecule has 50 heavy (non-hydrogen) atoms. The first-order valence-corrected chi connectivity index (χ1v) is 17.9. The van der Waals surface area contributed by atoms with Crippen molar-refractivity contribution in [2.45, 2.75) is 162 Å². The zero-order chi connectivity index (χ0) is 38.9. The second-order valence-corrected chi connectivity index (χ2v) is 15.0. The molecule has 8 N–H and O–H groups in total. The minimum atomic E-state index is -2.25. The first-order chi connectivity index (χ1) is 23.0. The van der Waals surface area contributed by atoms with Crippen LogP contribution in [0.5, 0.6) is 0 Å². The Morgan fingerprint density at radius 2 is 1.38 bits per heavy atom. The van der Waals surface area contributed by atoms with Crippen LogP contribution in [0, 0.1) is 17.8 Å². The highest BCUT2D eigenvalue weighted by atomic mass is 16.6. The standard InChI is InChI=1S/C35H66N6O9/c1-14-20(7)26(38-33(48)29(21(8)15-2)41(13)24(11)44)30(45)39-27(22(9)43)31(46)37-25(16-18(3)4)35(49)34(12,17-42)40-28(23(10)50-35)32(47)36-19(5)6/h18-23,25-29,40,42-43,49H,14-17H2,1-13H3,(H,36,47)(H,37,46)(H,38,48)(H,39,45)/t20?,21?,22?,23-,25+,26+,27+,28?,29+,34+,35-/m1/s1. The number of nitrogens with one attached hydrogen (secondary N) is 5. The van der Waals surface area contributed by atoms with Crippen LogP contribution in [0.1, 0.15) is 102 Å². The van der Waals surface area contributed by atoms with E-state index in [1.54, 1.807) is 27.7 Å². The Balaban J connectivity index is 3.44. The second-order valence-electron chi connectivity index (χ2n) is 15.0. The number of rotatable bonds is 18. The number of hydrogen-bond acceptors (Lipinski definition) is 10. The lowest BCUT2D eigenvalue weighted by Gasteiger charge is -2.55. The van der Waals surface area contributed by atoms with Crippen LogP contribution in [0.3, 0.4) is 0 Å². The van der Waals surface area contributed by atoms with Crippen LogP contribution in [0.25, 0.3) is 0 Å². The van der Waals surface area contributed by atoms with E-state index in [0.717, 1.165) is 0 Å². The summed E-state index contributed by atoms with van der Waals surface area (Å²) in [7, 11) is 1.53. The average molecular weight is 715 g/mol. The molecule has 15 heteroatoms. The van der Waals surface area contributed by atoms with Gasteiger partial charge in [0.2, 0.25) is 35.3 Å². The van der Waals surface area contributed by atoms with Gasteiger partial charge in [-0.2, -0.15) is 0 Å². The Bertz CT molecular complexity index is 1170. The highest BCUT2D eigenvalue weighted by Crippen LogP contribution is 2.36. The quantitative estimate of drug-likeness (QED) is 0.0961. The highest BCUT2D eigenvalue weighted by Gasteiger charge is 2.60. The molecule has 0 saturated carbocycles. The van der Waals surface area contributed by atoms with Crippen molar-refractivity contribution in [3.05, 3.63) is 0 Å². The third-order valence-corrected chi connectivity index (χ3v) is 9.85. The Hall–Kier alpha value is -2.85. The van der Waals surface area contributed by atoms with Crippen LogP contribution >= 0.6 is 0 Å². The number of nitrogens with zero attached hydrogens (tertiary/aromatic N) is 1. The van der Waals surface area contributed by atoms with Crippen LogP contribution in [0.4, 0.5) is 0 Å². The van der Waals surface area contributed by atoms with Gasteiger partial charge in [0, 0.05) is 20.0 Å². The Kier molecular flexibility index (Phi) is 17.3. The first kappa shape index (κ1) is 45.2. The average Bonchev–Trinajstić information content (AvgIpc) is 3.02. The normalized spacial score (nSPS) is 26.5. The molecule has 1 aliphatic heterocycles. The summed E-state index contributed by atoms with van der Waals surface area (Å²) in [6.45, 7) is 19.8. The third-order valence-electron chi connectivity index (χ3n) is 9.85. The van der Waals surface area contributed by atoms with Crippen molar-refractivity contribution in [1.82, 2.24) is 31.5 Å². The summed E-state index contributed by atoms with van der Waals surface area (Å²) in [5.74, 6) is -5.73. The number of morpholine rings is 1. The van der Waals surface area contributed by atoms with Gasteiger partial charge in [0.1, 0.15) is 24.2 Å². The molecule has 1 aliphatic rings. The minimum Gasteiger partial charge on any atom is -0.394 e. The number of aliphatic hydroxyl groups excluding tert-OH is 2. The minimum absolute atomic E-state index is 0.107. The van der Waals surface area contributed by atoms with Crippen LogP contribution in [-0.4, -0.2) is 123 Å². The molecule has 0 aromatic heterocycles. The summed E-state index contributed by atoms with van der Waals surface area (Å²) < 4.78 is 6.13. The summed E-state index contributed by atoms with van der Waals surface area (Å²) in [5.41, 5.74) is -1.64. The smallest absolute Gasteiger partial charge is 0.245 e. The number of likely N-dealkylation sites (N-methyl/N-ethyl adjacent to an activating group) is 1. The van der Waals surface area contributed by atoms with E-state index in [1.807, 2.05) is 34.6 Å². The molecule has 0 spiro atoms. The van der Waals surface area contributed by atoms with E-state index in [4.69, 9.17) is 4.74 Å². The monoisotopic (exact) mass is 714 g/mol. The maximum atomic E-state index is 13.9. The molecular weight excluding hydrogens is 648 g/mol. The number of aliphatic hydroxyl groups is 3. The molecule has 5 amide bonds. The van der Waals surface area contributed by atoms with E-state index < -0.39 is 78.1 Å². The lowest BCUT2D eigenvalue weighted by atomic mass is 9.79. The van der Waals surface area contributed by atoms with Crippen molar-refractivity contribution in [2.24, 2.45) is 17.8 Å². The van der Waals surface area contributed by atoms with Gasteiger partial charge < -0.3 is 46.2 Å². The van der Waals surface area contributed by atoms with Crippen LogP contribution in [0.2, 0.25) is 0 Å². The molecule has 0 aromatic carbocycles. The predicted molar refractivity (Wildman–Crippen MR) is 189 cm³/mol. The van der Waals surface area contributed by atoms with E-state index in [2.05, 4.69) is 26.6 Å². The van der Waals surface area contributed by atoms with E-state index >= 15 is 0 Å². The fourth-order valence-corrected chi connectivity index (χ4v) is 6.20. The molecule has 1 heterocycles. The molecule has 1 saturated heterocycles. The molecule has 11 atom stereocenters. The summed E-state index contributed by atoms with van der Waals surface area (Å²) in [6.07, 6.45) is -1.05. The van der Waals surface area contributed by atoms with Crippen LogP contribution < -0.4 is 26.6 Å². The molecule has 1 fully saturated rings. The number of hydrogen-bond donors (Lipinski definition) is 8. The summed E-state index contributed by atoms with van der Waals surface area (Å²) >= 11 is 0. The predicted octanol–water partition coefficient (Wildman–Crippen LogP) is 0.148. The molecule has 0 radical (unpaired) electrons. The summed E-state index contributed by atoms with van der Waals surface area (Å²) in [5, 5.41) is 47.5. The van der Waals surface area contributed by atoms with Gasteiger partial charge >= 0.3 is 0 Å². The van der Waals surface area contributed by atoms with Gasteiger partial charge in [0.15, 0.2) is 0 Å². The van der Waals surface area contributed by atoms with E-state index in [1.165, 1.54) is 32.7 Å². The summed E-state index contributed by atoms with van der Waals surface area (Å²) in [4.78, 5) is 67.8. The number of carbonyl (C=O) groups excluding carboxylic acids is 5. The van der Waals surface area contributed by atoms with Crippen molar-refractivity contribution < 1.29 is 44.0 Å². The Labute approximate surface area is 298 Å². The topological polar surface area (TPSA) is 219 Å². The molecular formula is C35H66N6O9. The van der Waals surface area contributed by atoms with Gasteiger partial charge in [-0.15, -0.1) is 0 Å². The van der Waals surface area contributed by atoms with E-state index in [-0.39, 0.29) is 42.0 Å². The van der Waals surface area contributed by atoms with Crippen molar-refractivity contribution in [2.75, 3.05) is 13.7 Å². The van der Waals surface area contributed by atoms with Gasteiger partial charge in [-0.1, -0.05) is 54.4 Å². The maximum Gasteiger partial charge on any atom is 0.245 e. The second kappa shape index (κ2) is 19.1. The number of carbonyl (C=O) groups is 5. The van der Waals surface area contributed by atoms with Gasteiger partial charge in [-0.25, -0.2) is 0 Å². The fraction of sp³-hybridized carbons (Fsp3) is 0.857. The van der Waals surface area contributed by atoms with Crippen LogP contribution in [-0.2, 0) is 28.7 Å². The lowest BCUT2D eigenvalue weighted by Crippen LogP contribution is -2.80. The molecule has 290 valence electrons. The molecule has 0 aromatic rings. The Morgan fingerprint density at radius 1 is 0.860 bits per heavy atom. The molecule has 1 rings (SSSR count). The SMILES string of the molecule is CCC(C)[C@H](NC(=O)[C@H](C(C)CC)N(C)C(C)=O)C(=O)N[C@H](C(=O)N[C@@H](CC(C)C)[C@@]1(O)O[C@H](C)C(C(=O)NC(C)C)N[C@@]1(C)CO)C(C)O. The Morgan fingerprint density at radius 3 is 1.82 bits per heavy atom. The van der Waals surface area contributed by atoms with Gasteiger partial charge in [-0.05, 0) is 58.8 Å². The fourth-order valence-electron chi connectivity index (χ4n) is 6.20. The lowest BCUT2D eigenvalue weighted by molar-refractivity contribution is -0.315. The van der Waals surface area contributed by atoms with Gasteiger partial charge in [0.05, 0.1) is 30.4 Å². The van der Waals surface area contributed by atoms with Gasteiger partial charge in [-0.3, -0.25) is 29.3 Å². The van der Waals surface area contributed by atoms with Crippen molar-refractivity contribution in [3.8, 4) is 0 Å². The number of amides is 5. The molecule has 0 bridgehead atoms. The largest absolute Gasteiger partial charge is 0.394 e. The summed E-state index contributed by atoms with van der Waals surface area (Å²) in [6, 6.07) is -5.76. The van der Waals surface area contributed by atoms with Crippen LogP contribution in [0.15, 0.2) is 0 Å². The maximum absolute atomic E-state index is 13.9.